The average Bonchev–Trinajstić information content (AvgIpc) is 3.28. The number of hydrogen-bond acceptors (Lipinski definition) is 7. The Morgan fingerprint density at radius 3 is 2.71 bits per heavy atom. The van der Waals surface area contributed by atoms with Crippen LogP contribution in [0.1, 0.15) is 42.9 Å². The van der Waals surface area contributed by atoms with Crippen molar-refractivity contribution in [1.29, 1.82) is 0 Å². The molecule has 1 aliphatic rings. The van der Waals surface area contributed by atoms with Gasteiger partial charge in [-0.2, -0.15) is 0 Å². The maximum absolute atomic E-state index is 13.0. The van der Waals surface area contributed by atoms with Gasteiger partial charge in [0.05, 0.1) is 10.6 Å². The number of nitrogens with one attached hydrogen (secondary N) is 1. The summed E-state index contributed by atoms with van der Waals surface area (Å²) < 4.78 is 0. The number of aryl methyl sites for hydroxylation is 3. The van der Waals surface area contributed by atoms with Gasteiger partial charge in [0.1, 0.15) is 10.7 Å². The van der Waals surface area contributed by atoms with E-state index in [1.165, 1.54) is 21.8 Å². The number of nitrogens with zero attached hydrogens (tertiary/aromatic N) is 4. The van der Waals surface area contributed by atoms with Crippen LogP contribution in [0.4, 0.5) is 5.13 Å². The minimum Gasteiger partial charge on any atom is -0.297 e. The number of fused-ring (bicyclic) bond motifs is 2. The number of carbonyl (C=O) groups is 1. The molecule has 0 spiro atoms. The first-order valence-electron chi connectivity index (χ1n) is 10.3. The molecule has 0 saturated heterocycles. The zero-order chi connectivity index (χ0) is 21.5. The van der Waals surface area contributed by atoms with E-state index in [1.807, 2.05) is 26.8 Å². The molecule has 0 atom stereocenters. The summed E-state index contributed by atoms with van der Waals surface area (Å²) in [5.41, 5.74) is 4.27. The molecular weight excluding hydrogens is 426 g/mol. The third kappa shape index (κ3) is 3.98. The van der Waals surface area contributed by atoms with E-state index in [0.717, 1.165) is 59.0 Å². The van der Waals surface area contributed by atoms with Crippen LogP contribution >= 0.6 is 22.7 Å². The van der Waals surface area contributed by atoms with E-state index in [-0.39, 0.29) is 5.91 Å². The lowest BCUT2D eigenvalue weighted by Gasteiger charge is -2.25. The van der Waals surface area contributed by atoms with Crippen molar-refractivity contribution in [2.75, 3.05) is 11.9 Å². The number of thiophene rings is 1. The predicted octanol–water partition coefficient (Wildman–Crippen LogP) is 4.88. The predicted molar refractivity (Wildman–Crippen MR) is 126 cm³/mol. The molecule has 0 fully saturated rings. The van der Waals surface area contributed by atoms with Crippen LogP contribution in [-0.2, 0) is 19.5 Å². The van der Waals surface area contributed by atoms with Crippen LogP contribution in [0, 0.1) is 20.8 Å². The number of anilines is 1. The summed E-state index contributed by atoms with van der Waals surface area (Å²) >= 11 is 3.00. The summed E-state index contributed by atoms with van der Waals surface area (Å²) in [6.07, 6.45) is 0.907. The van der Waals surface area contributed by atoms with Crippen molar-refractivity contribution in [3.63, 3.8) is 0 Å². The smallest absolute Gasteiger partial charge is 0.267 e. The Balaban J connectivity index is 1.33. The average molecular weight is 450 g/mol. The second-order valence-electron chi connectivity index (χ2n) is 7.88. The highest BCUT2D eigenvalue weighted by Gasteiger charge is 2.23. The lowest BCUT2D eigenvalue weighted by atomic mass is 10.1. The number of carbonyl (C=O) groups excluding carboxylic acids is 1. The van der Waals surface area contributed by atoms with Crippen molar-refractivity contribution >= 4 is 43.9 Å². The molecule has 5 rings (SSSR count). The molecule has 6 nitrogen and oxygen atoms in total. The van der Waals surface area contributed by atoms with E-state index in [2.05, 4.69) is 44.5 Å². The van der Waals surface area contributed by atoms with Gasteiger partial charge >= 0.3 is 0 Å². The van der Waals surface area contributed by atoms with Crippen LogP contribution in [0.15, 0.2) is 30.3 Å². The summed E-state index contributed by atoms with van der Waals surface area (Å²) in [6.45, 7) is 8.59. The fourth-order valence-electron chi connectivity index (χ4n) is 4.12. The van der Waals surface area contributed by atoms with Crippen molar-refractivity contribution in [2.24, 2.45) is 0 Å². The van der Waals surface area contributed by atoms with E-state index >= 15 is 0 Å². The molecule has 4 aromatic rings. The van der Waals surface area contributed by atoms with Crippen molar-refractivity contribution in [2.45, 2.75) is 40.3 Å². The number of amides is 1. The summed E-state index contributed by atoms with van der Waals surface area (Å²) in [5.74, 6) is 0.607. The van der Waals surface area contributed by atoms with Crippen LogP contribution in [-0.4, -0.2) is 32.3 Å². The minimum absolute atomic E-state index is 0.121. The molecule has 3 aromatic heterocycles. The topological polar surface area (TPSA) is 71.0 Å². The number of thiazole rings is 1. The van der Waals surface area contributed by atoms with E-state index in [9.17, 15) is 4.79 Å². The van der Waals surface area contributed by atoms with E-state index in [4.69, 9.17) is 4.98 Å². The normalized spacial score (nSPS) is 14.0. The molecule has 4 heterocycles. The summed E-state index contributed by atoms with van der Waals surface area (Å²) in [5, 5.41) is 4.68. The van der Waals surface area contributed by atoms with Crippen molar-refractivity contribution < 1.29 is 4.79 Å². The van der Waals surface area contributed by atoms with Gasteiger partial charge in [0.2, 0.25) is 0 Å². The molecular formula is C23H23N5OS2. The Morgan fingerprint density at radius 1 is 1.10 bits per heavy atom. The molecule has 1 amide bonds. The molecule has 0 aliphatic carbocycles. The highest BCUT2D eigenvalue weighted by atomic mass is 32.1. The van der Waals surface area contributed by atoms with Crippen LogP contribution in [0.25, 0.3) is 10.2 Å². The molecule has 158 valence electrons. The molecule has 31 heavy (non-hydrogen) atoms. The first kappa shape index (κ1) is 20.2. The summed E-state index contributed by atoms with van der Waals surface area (Å²) in [6, 6.07) is 10.5. The lowest BCUT2D eigenvalue weighted by Crippen LogP contribution is -2.29. The molecule has 1 aliphatic heterocycles. The zero-order valence-electron chi connectivity index (χ0n) is 17.7. The number of aromatic nitrogens is 3. The lowest BCUT2D eigenvalue weighted by molar-refractivity contribution is 0.103. The van der Waals surface area contributed by atoms with E-state index in [0.29, 0.717) is 10.0 Å². The highest BCUT2D eigenvalue weighted by Crippen LogP contribution is 2.33. The van der Waals surface area contributed by atoms with Crippen LogP contribution in [0.2, 0.25) is 0 Å². The summed E-state index contributed by atoms with van der Waals surface area (Å²) in [7, 11) is 0. The zero-order valence-corrected chi connectivity index (χ0v) is 19.4. The molecule has 1 aromatic carbocycles. The number of rotatable bonds is 4. The molecule has 0 saturated carbocycles. The maximum atomic E-state index is 13.0. The molecule has 0 radical (unpaired) electrons. The quantitative estimate of drug-likeness (QED) is 0.481. The van der Waals surface area contributed by atoms with Gasteiger partial charge in [-0.3, -0.25) is 15.0 Å². The van der Waals surface area contributed by atoms with Gasteiger partial charge in [-0.25, -0.2) is 15.0 Å². The van der Waals surface area contributed by atoms with Gasteiger partial charge in [0.25, 0.3) is 5.91 Å². The fourth-order valence-corrected chi connectivity index (χ4v) is 6.34. The molecule has 1 N–H and O–H groups in total. The second-order valence-corrected chi connectivity index (χ2v) is 9.96. The van der Waals surface area contributed by atoms with Crippen molar-refractivity contribution in [3.05, 3.63) is 68.4 Å². The molecule has 0 unspecified atom stereocenters. The standard InChI is InChI=1S/C23H23N5OS2/c1-13-19-14(2)24-15(3)25-22(19)31-20(13)21(29)27-23-26-17-9-10-28(12-18(17)30-23)11-16-7-5-4-6-8-16/h4-8H,9-12H2,1-3H3,(H,26,27,29). The third-order valence-corrected chi connectivity index (χ3v) is 7.75. The Bertz CT molecular complexity index is 1280. The molecule has 8 heteroatoms. The maximum Gasteiger partial charge on any atom is 0.267 e. The first-order chi connectivity index (χ1) is 15.0. The second kappa shape index (κ2) is 8.11. The third-order valence-electron chi connectivity index (χ3n) is 5.57. The van der Waals surface area contributed by atoms with Gasteiger partial charge in [0.15, 0.2) is 5.13 Å². The fraction of sp³-hybridized carbons (Fsp3) is 0.304. The Morgan fingerprint density at radius 2 is 1.90 bits per heavy atom. The van der Waals surface area contributed by atoms with Crippen molar-refractivity contribution in [1.82, 2.24) is 19.9 Å². The monoisotopic (exact) mass is 449 g/mol. The Labute approximate surface area is 189 Å². The van der Waals surface area contributed by atoms with Gasteiger partial charge in [-0.05, 0) is 31.9 Å². The summed E-state index contributed by atoms with van der Waals surface area (Å²) in [4.78, 5) is 31.9. The van der Waals surface area contributed by atoms with Crippen LogP contribution in [0.3, 0.4) is 0 Å². The van der Waals surface area contributed by atoms with Crippen molar-refractivity contribution in [3.8, 4) is 0 Å². The van der Waals surface area contributed by atoms with Gasteiger partial charge in [-0.15, -0.1) is 22.7 Å². The SMILES string of the molecule is Cc1nc(C)c2c(C)c(C(=O)Nc3nc4c(s3)CN(Cc3ccccc3)CC4)sc2n1. The Kier molecular flexibility index (Phi) is 5.29. The highest BCUT2D eigenvalue weighted by molar-refractivity contribution is 7.21. The van der Waals surface area contributed by atoms with E-state index in [1.54, 1.807) is 11.3 Å². The minimum atomic E-state index is -0.121. The molecule has 0 bridgehead atoms. The van der Waals surface area contributed by atoms with Gasteiger partial charge in [0, 0.05) is 42.0 Å². The van der Waals surface area contributed by atoms with E-state index < -0.39 is 0 Å². The van der Waals surface area contributed by atoms with Gasteiger partial charge < -0.3 is 0 Å². The first-order valence-corrected chi connectivity index (χ1v) is 11.9. The van der Waals surface area contributed by atoms with Crippen LogP contribution in [0.5, 0.6) is 0 Å². The van der Waals surface area contributed by atoms with Crippen LogP contribution < -0.4 is 5.32 Å². The number of hydrogen-bond donors (Lipinski definition) is 1. The number of benzene rings is 1. The van der Waals surface area contributed by atoms with Gasteiger partial charge in [-0.1, -0.05) is 30.3 Å². The largest absolute Gasteiger partial charge is 0.297 e. The Hall–Kier alpha value is -2.68.